The summed E-state index contributed by atoms with van der Waals surface area (Å²) >= 11 is 3.32. The Labute approximate surface area is 151 Å². The molecule has 0 aromatic heterocycles. The van der Waals surface area contributed by atoms with Gasteiger partial charge in [0.05, 0.1) is 17.8 Å². The molecule has 0 aliphatic carbocycles. The lowest BCUT2D eigenvalue weighted by atomic mass is 9.92. The predicted molar refractivity (Wildman–Crippen MR) is 92.6 cm³/mol. The lowest BCUT2D eigenvalue weighted by Gasteiger charge is -2.19. The van der Waals surface area contributed by atoms with Gasteiger partial charge in [-0.1, -0.05) is 39.3 Å². The van der Waals surface area contributed by atoms with Gasteiger partial charge in [0.2, 0.25) is 11.5 Å². The molecule has 2 heterocycles. The summed E-state index contributed by atoms with van der Waals surface area (Å²) in [4.78, 5) is 31.8. The van der Waals surface area contributed by atoms with E-state index < -0.39 is 17.3 Å². The van der Waals surface area contributed by atoms with Crippen LogP contribution >= 0.6 is 15.9 Å². The molecule has 0 N–H and O–H groups in total. The van der Waals surface area contributed by atoms with Gasteiger partial charge in [0.1, 0.15) is 5.82 Å². The smallest absolute Gasteiger partial charge is 0.281 e. The molecule has 1 unspecified atom stereocenters. The van der Waals surface area contributed by atoms with Crippen molar-refractivity contribution in [3.05, 3.63) is 64.4 Å². The molecule has 0 saturated carbocycles. The summed E-state index contributed by atoms with van der Waals surface area (Å²) < 4.78 is 14.8. The van der Waals surface area contributed by atoms with E-state index in [2.05, 4.69) is 21.1 Å². The van der Waals surface area contributed by atoms with Gasteiger partial charge in [-0.3, -0.25) is 9.59 Å². The van der Waals surface area contributed by atoms with Crippen LogP contribution in [0.2, 0.25) is 0 Å². The van der Waals surface area contributed by atoms with Crippen molar-refractivity contribution in [2.45, 2.75) is 18.4 Å². The molecule has 4 rings (SSSR count). The third kappa shape index (κ3) is 2.55. The Morgan fingerprint density at radius 3 is 2.52 bits per heavy atom. The van der Waals surface area contributed by atoms with Crippen LogP contribution in [-0.2, 0) is 14.4 Å². The zero-order valence-electron chi connectivity index (χ0n) is 12.9. The molecule has 0 bridgehead atoms. The van der Waals surface area contributed by atoms with Crippen molar-refractivity contribution < 1.29 is 18.8 Å². The third-order valence-electron chi connectivity index (χ3n) is 4.33. The van der Waals surface area contributed by atoms with Crippen LogP contribution in [0.25, 0.3) is 0 Å². The molecule has 2 amide bonds. The lowest BCUT2D eigenvalue weighted by molar-refractivity contribution is -0.136. The van der Waals surface area contributed by atoms with Crippen LogP contribution in [0.15, 0.2) is 58.2 Å². The van der Waals surface area contributed by atoms with Crippen molar-refractivity contribution in [2.24, 2.45) is 5.16 Å². The quantitative estimate of drug-likeness (QED) is 0.723. The first-order chi connectivity index (χ1) is 12.0. The van der Waals surface area contributed by atoms with E-state index in [9.17, 15) is 14.0 Å². The van der Waals surface area contributed by atoms with Crippen molar-refractivity contribution in [3.63, 3.8) is 0 Å². The molecule has 2 aliphatic heterocycles. The van der Waals surface area contributed by atoms with E-state index in [1.165, 1.54) is 6.07 Å². The molecule has 1 saturated heterocycles. The van der Waals surface area contributed by atoms with Crippen molar-refractivity contribution in [2.75, 3.05) is 4.90 Å². The molecular weight excluding hydrogens is 391 g/mol. The minimum absolute atomic E-state index is 0.0610. The Hall–Kier alpha value is -2.54. The summed E-state index contributed by atoms with van der Waals surface area (Å²) in [5, 5.41) is 3.90. The van der Waals surface area contributed by atoms with E-state index in [1.807, 2.05) is 0 Å². The van der Waals surface area contributed by atoms with Crippen molar-refractivity contribution in [1.82, 2.24) is 0 Å². The van der Waals surface area contributed by atoms with Crippen LogP contribution in [0.1, 0.15) is 18.4 Å². The molecule has 1 fully saturated rings. The largest absolute Gasteiger partial charge is 0.378 e. The molecule has 1 atom stereocenters. The van der Waals surface area contributed by atoms with E-state index in [4.69, 9.17) is 4.84 Å². The fourth-order valence-corrected chi connectivity index (χ4v) is 3.36. The summed E-state index contributed by atoms with van der Waals surface area (Å²) in [6.45, 7) is 0. The Bertz CT molecular complexity index is 913. The maximum Gasteiger partial charge on any atom is 0.281 e. The fourth-order valence-electron chi connectivity index (χ4n) is 3.09. The van der Waals surface area contributed by atoms with E-state index in [-0.39, 0.29) is 24.3 Å². The Kier molecular flexibility index (Phi) is 3.68. The Balaban J connectivity index is 1.63. The first-order valence-corrected chi connectivity index (χ1v) is 8.42. The van der Waals surface area contributed by atoms with Gasteiger partial charge >= 0.3 is 0 Å². The molecule has 1 spiro atoms. The number of hydrogen-bond acceptors (Lipinski definition) is 4. The highest BCUT2D eigenvalue weighted by Crippen LogP contribution is 2.39. The van der Waals surface area contributed by atoms with E-state index >= 15 is 0 Å². The van der Waals surface area contributed by atoms with Gasteiger partial charge in [0.15, 0.2) is 0 Å². The summed E-state index contributed by atoms with van der Waals surface area (Å²) in [6.07, 6.45) is -0.0606. The topological polar surface area (TPSA) is 59.0 Å². The average Bonchev–Trinajstić information content (AvgIpc) is 3.11. The average molecular weight is 403 g/mol. The number of rotatable bonds is 2. The number of nitrogens with zero attached hydrogens (tertiary/aromatic N) is 2. The Morgan fingerprint density at radius 2 is 1.80 bits per heavy atom. The lowest BCUT2D eigenvalue weighted by Crippen LogP contribution is -2.40. The van der Waals surface area contributed by atoms with Gasteiger partial charge in [0, 0.05) is 16.5 Å². The molecule has 2 aromatic carbocycles. The molecule has 5 nitrogen and oxygen atoms in total. The van der Waals surface area contributed by atoms with Crippen LogP contribution in [-0.4, -0.2) is 23.1 Å². The van der Waals surface area contributed by atoms with Crippen molar-refractivity contribution >= 4 is 39.1 Å². The standard InChI is InChI=1S/C18H12BrFN2O3/c19-11-5-7-12(8-6-11)22-16(23)10-18(17(22)24)9-15(21-25-18)13-3-1-2-4-14(13)20/h1-8H,9-10H2. The number of anilines is 1. The number of carbonyl (C=O) groups is 2. The highest BCUT2D eigenvalue weighted by Gasteiger charge is 2.58. The molecule has 2 aliphatic rings. The minimum atomic E-state index is -1.39. The zero-order chi connectivity index (χ0) is 17.6. The van der Waals surface area contributed by atoms with E-state index in [1.54, 1.807) is 42.5 Å². The van der Waals surface area contributed by atoms with Gasteiger partial charge < -0.3 is 4.84 Å². The first kappa shape index (κ1) is 16.0. The van der Waals surface area contributed by atoms with Gasteiger partial charge in [-0.2, -0.15) is 0 Å². The number of amides is 2. The third-order valence-corrected chi connectivity index (χ3v) is 4.86. The van der Waals surface area contributed by atoms with Gasteiger partial charge in [0.25, 0.3) is 5.91 Å². The molecule has 126 valence electrons. The highest BCUT2D eigenvalue weighted by molar-refractivity contribution is 9.10. The van der Waals surface area contributed by atoms with Crippen molar-refractivity contribution in [3.8, 4) is 0 Å². The summed E-state index contributed by atoms with van der Waals surface area (Å²) in [5.41, 5.74) is -0.307. The minimum Gasteiger partial charge on any atom is -0.378 e. The number of halogens is 2. The first-order valence-electron chi connectivity index (χ1n) is 7.63. The van der Waals surface area contributed by atoms with E-state index in [0.717, 1.165) is 9.37 Å². The highest BCUT2D eigenvalue weighted by atomic mass is 79.9. The molecule has 25 heavy (non-hydrogen) atoms. The number of benzene rings is 2. The van der Waals surface area contributed by atoms with Crippen LogP contribution in [0, 0.1) is 5.82 Å². The van der Waals surface area contributed by atoms with Crippen LogP contribution in [0.3, 0.4) is 0 Å². The maximum atomic E-state index is 14.0. The second-order valence-corrected chi connectivity index (χ2v) is 6.88. The molecular formula is C18H12BrFN2O3. The van der Waals surface area contributed by atoms with Crippen LogP contribution in [0.4, 0.5) is 10.1 Å². The van der Waals surface area contributed by atoms with Gasteiger partial charge in [-0.05, 0) is 30.3 Å². The molecule has 2 aromatic rings. The second-order valence-electron chi connectivity index (χ2n) is 5.97. The number of imide groups is 1. The summed E-state index contributed by atoms with van der Waals surface area (Å²) in [6, 6.07) is 13.0. The Morgan fingerprint density at radius 1 is 1.08 bits per heavy atom. The van der Waals surface area contributed by atoms with Crippen molar-refractivity contribution in [1.29, 1.82) is 0 Å². The molecule has 7 heteroatoms. The van der Waals surface area contributed by atoms with Gasteiger partial charge in [-0.15, -0.1) is 0 Å². The normalized spacial score (nSPS) is 22.5. The monoisotopic (exact) mass is 402 g/mol. The van der Waals surface area contributed by atoms with Crippen LogP contribution < -0.4 is 4.90 Å². The van der Waals surface area contributed by atoms with Gasteiger partial charge in [-0.25, -0.2) is 9.29 Å². The number of hydrogen-bond donors (Lipinski definition) is 0. The maximum absolute atomic E-state index is 14.0. The fraction of sp³-hybridized carbons (Fsp3) is 0.167. The predicted octanol–water partition coefficient (Wildman–Crippen LogP) is 3.41. The summed E-state index contributed by atoms with van der Waals surface area (Å²) in [7, 11) is 0. The SMILES string of the molecule is O=C1CC2(CC(c3ccccc3F)=NO2)C(=O)N1c1ccc(Br)cc1. The zero-order valence-corrected chi connectivity index (χ0v) is 14.5. The second kappa shape index (κ2) is 5.77. The molecule has 0 radical (unpaired) electrons. The number of carbonyl (C=O) groups excluding carboxylic acids is 2. The number of oxime groups is 1. The summed E-state index contributed by atoms with van der Waals surface area (Å²) in [5.74, 6) is -1.28. The van der Waals surface area contributed by atoms with E-state index in [0.29, 0.717) is 11.4 Å². The van der Waals surface area contributed by atoms with Crippen LogP contribution in [0.5, 0.6) is 0 Å².